The van der Waals surface area contributed by atoms with E-state index in [0.29, 0.717) is 18.1 Å². The summed E-state index contributed by atoms with van der Waals surface area (Å²) in [5, 5.41) is 5.91. The molecule has 6 nitrogen and oxygen atoms in total. The van der Waals surface area contributed by atoms with E-state index >= 15 is 0 Å². The van der Waals surface area contributed by atoms with Crippen molar-refractivity contribution < 1.29 is 4.79 Å². The summed E-state index contributed by atoms with van der Waals surface area (Å²) in [6.07, 6.45) is 4.20. The smallest absolute Gasteiger partial charge is 0.271 e. The van der Waals surface area contributed by atoms with Gasteiger partial charge in [0.1, 0.15) is 11.5 Å². The third-order valence-corrected chi connectivity index (χ3v) is 2.94. The second-order valence-corrected chi connectivity index (χ2v) is 4.51. The number of carbonyl (C=O) groups excluding carboxylic acids is 1. The lowest BCUT2D eigenvalue weighted by atomic mass is 10.3. The number of likely N-dealkylation sites (N-methyl/N-ethyl adjacent to an activating group) is 1. The Morgan fingerprint density at radius 1 is 1.20 bits per heavy atom. The fourth-order valence-corrected chi connectivity index (χ4v) is 1.88. The summed E-state index contributed by atoms with van der Waals surface area (Å²) in [4.78, 5) is 22.4. The minimum Gasteiger partial charge on any atom is -0.369 e. The van der Waals surface area contributed by atoms with Crippen LogP contribution in [0.1, 0.15) is 37.7 Å². The van der Waals surface area contributed by atoms with E-state index in [4.69, 9.17) is 0 Å². The minimum absolute atomic E-state index is 0.173. The summed E-state index contributed by atoms with van der Waals surface area (Å²) in [6.45, 7) is 10.6. The van der Waals surface area contributed by atoms with Gasteiger partial charge in [0.05, 0.1) is 12.4 Å². The van der Waals surface area contributed by atoms with Gasteiger partial charge in [0.2, 0.25) is 0 Å². The highest BCUT2D eigenvalue weighted by atomic mass is 16.1. The fraction of sp³-hybridized carbons (Fsp3) is 0.643. The van der Waals surface area contributed by atoms with Gasteiger partial charge in [0.15, 0.2) is 0 Å². The van der Waals surface area contributed by atoms with Crippen LogP contribution in [0.2, 0.25) is 0 Å². The molecule has 0 aliphatic rings. The zero-order valence-electron chi connectivity index (χ0n) is 12.6. The lowest BCUT2D eigenvalue weighted by Gasteiger charge is -2.19. The van der Waals surface area contributed by atoms with Gasteiger partial charge in [-0.3, -0.25) is 4.79 Å². The van der Waals surface area contributed by atoms with Crippen molar-refractivity contribution in [3.05, 3.63) is 18.1 Å². The van der Waals surface area contributed by atoms with Crippen molar-refractivity contribution in [2.45, 2.75) is 27.2 Å². The van der Waals surface area contributed by atoms with Gasteiger partial charge < -0.3 is 15.5 Å². The molecule has 0 atom stereocenters. The van der Waals surface area contributed by atoms with Crippen molar-refractivity contribution in [1.82, 2.24) is 20.2 Å². The van der Waals surface area contributed by atoms with Gasteiger partial charge in [-0.05, 0) is 26.4 Å². The summed E-state index contributed by atoms with van der Waals surface area (Å²) in [6, 6.07) is 0. The SMILES string of the molecule is CCCN(CC)CCNC(=O)c1cnc(NCC)cn1. The van der Waals surface area contributed by atoms with Crippen molar-refractivity contribution in [3.8, 4) is 0 Å². The number of nitrogens with one attached hydrogen (secondary N) is 2. The topological polar surface area (TPSA) is 70.2 Å². The minimum atomic E-state index is -0.173. The molecule has 112 valence electrons. The molecule has 0 radical (unpaired) electrons. The van der Waals surface area contributed by atoms with E-state index in [9.17, 15) is 4.79 Å². The van der Waals surface area contributed by atoms with Gasteiger partial charge >= 0.3 is 0 Å². The molecule has 0 saturated carbocycles. The molecule has 0 unspecified atom stereocenters. The first kappa shape index (κ1) is 16.4. The first-order valence-corrected chi connectivity index (χ1v) is 7.27. The van der Waals surface area contributed by atoms with Crippen LogP contribution in [0.5, 0.6) is 0 Å². The Balaban J connectivity index is 2.38. The summed E-state index contributed by atoms with van der Waals surface area (Å²) >= 11 is 0. The average molecular weight is 279 g/mol. The molecule has 1 aromatic heterocycles. The molecular weight excluding hydrogens is 254 g/mol. The van der Waals surface area contributed by atoms with Crippen LogP contribution in [0.4, 0.5) is 5.82 Å². The predicted molar refractivity (Wildman–Crippen MR) is 80.9 cm³/mol. The normalized spacial score (nSPS) is 10.6. The standard InChI is InChI=1S/C14H25N5O/c1-4-8-19(6-3)9-7-16-14(20)12-10-18-13(11-17-12)15-5-2/h10-11H,4-9H2,1-3H3,(H,15,18)(H,16,20). The van der Waals surface area contributed by atoms with Crippen molar-refractivity contribution in [3.63, 3.8) is 0 Å². The van der Waals surface area contributed by atoms with Crippen molar-refractivity contribution in [2.24, 2.45) is 0 Å². The third kappa shape index (κ3) is 5.52. The quantitative estimate of drug-likeness (QED) is 0.714. The molecule has 0 fully saturated rings. The second kappa shape index (κ2) is 9.25. The molecule has 0 spiro atoms. The molecule has 0 aliphatic carbocycles. The molecule has 0 aliphatic heterocycles. The van der Waals surface area contributed by atoms with Gasteiger partial charge in [-0.15, -0.1) is 0 Å². The summed E-state index contributed by atoms with van der Waals surface area (Å²) in [5.41, 5.74) is 0.352. The van der Waals surface area contributed by atoms with Gasteiger partial charge in [-0.2, -0.15) is 0 Å². The molecule has 0 aromatic carbocycles. The van der Waals surface area contributed by atoms with E-state index in [1.54, 1.807) is 6.20 Å². The third-order valence-electron chi connectivity index (χ3n) is 2.94. The van der Waals surface area contributed by atoms with E-state index in [2.05, 4.69) is 39.3 Å². The highest BCUT2D eigenvalue weighted by molar-refractivity contribution is 5.91. The van der Waals surface area contributed by atoms with Crippen LogP contribution >= 0.6 is 0 Å². The van der Waals surface area contributed by atoms with Crippen LogP contribution in [0.15, 0.2) is 12.4 Å². The van der Waals surface area contributed by atoms with E-state index in [-0.39, 0.29) is 5.91 Å². The van der Waals surface area contributed by atoms with Crippen LogP contribution < -0.4 is 10.6 Å². The number of amides is 1. The molecule has 0 saturated heterocycles. The van der Waals surface area contributed by atoms with Crippen LogP contribution in [-0.2, 0) is 0 Å². The van der Waals surface area contributed by atoms with E-state index in [1.165, 1.54) is 6.20 Å². The lowest BCUT2D eigenvalue weighted by Crippen LogP contribution is -2.35. The van der Waals surface area contributed by atoms with Crippen molar-refractivity contribution in [2.75, 3.05) is 38.0 Å². The number of hydrogen-bond acceptors (Lipinski definition) is 5. The zero-order valence-corrected chi connectivity index (χ0v) is 12.6. The van der Waals surface area contributed by atoms with Gasteiger partial charge in [0, 0.05) is 19.6 Å². The Kier molecular flexibility index (Phi) is 7.57. The van der Waals surface area contributed by atoms with E-state index in [1.807, 2.05) is 6.92 Å². The number of carbonyl (C=O) groups is 1. The van der Waals surface area contributed by atoms with Crippen LogP contribution in [0.25, 0.3) is 0 Å². The molecule has 6 heteroatoms. The highest BCUT2D eigenvalue weighted by Crippen LogP contribution is 2.00. The Labute approximate surface area is 121 Å². The Bertz CT molecular complexity index is 393. The number of rotatable bonds is 9. The molecule has 0 bridgehead atoms. The molecular formula is C14H25N5O. The summed E-state index contributed by atoms with van der Waals surface area (Å²) in [7, 11) is 0. The predicted octanol–water partition coefficient (Wildman–Crippen LogP) is 1.37. The highest BCUT2D eigenvalue weighted by Gasteiger charge is 2.08. The first-order chi connectivity index (χ1) is 9.71. The number of nitrogens with zero attached hydrogens (tertiary/aromatic N) is 3. The molecule has 2 N–H and O–H groups in total. The molecule has 1 aromatic rings. The Morgan fingerprint density at radius 2 is 2.00 bits per heavy atom. The van der Waals surface area contributed by atoms with E-state index < -0.39 is 0 Å². The Hall–Kier alpha value is -1.69. The number of anilines is 1. The summed E-state index contributed by atoms with van der Waals surface area (Å²) < 4.78 is 0. The fourth-order valence-electron chi connectivity index (χ4n) is 1.88. The molecule has 1 amide bonds. The zero-order chi connectivity index (χ0) is 14.8. The number of hydrogen-bond donors (Lipinski definition) is 2. The van der Waals surface area contributed by atoms with Crippen molar-refractivity contribution in [1.29, 1.82) is 0 Å². The largest absolute Gasteiger partial charge is 0.369 e. The molecule has 1 heterocycles. The second-order valence-electron chi connectivity index (χ2n) is 4.51. The van der Waals surface area contributed by atoms with Gasteiger partial charge in [0.25, 0.3) is 5.91 Å². The maximum absolute atomic E-state index is 11.9. The van der Waals surface area contributed by atoms with Crippen LogP contribution in [-0.4, -0.2) is 53.5 Å². The first-order valence-electron chi connectivity index (χ1n) is 7.27. The lowest BCUT2D eigenvalue weighted by molar-refractivity contribution is 0.0943. The monoisotopic (exact) mass is 279 g/mol. The molecule has 1 rings (SSSR count). The summed E-state index contributed by atoms with van der Waals surface area (Å²) in [5.74, 6) is 0.511. The van der Waals surface area contributed by atoms with Crippen molar-refractivity contribution >= 4 is 11.7 Å². The maximum Gasteiger partial charge on any atom is 0.271 e. The van der Waals surface area contributed by atoms with Gasteiger partial charge in [-0.25, -0.2) is 9.97 Å². The van der Waals surface area contributed by atoms with Crippen LogP contribution in [0.3, 0.4) is 0 Å². The van der Waals surface area contributed by atoms with E-state index in [0.717, 1.165) is 32.6 Å². The Morgan fingerprint density at radius 3 is 2.55 bits per heavy atom. The van der Waals surface area contributed by atoms with Crippen LogP contribution in [0, 0.1) is 0 Å². The maximum atomic E-state index is 11.9. The molecule has 20 heavy (non-hydrogen) atoms. The number of aromatic nitrogens is 2. The average Bonchev–Trinajstić information content (AvgIpc) is 2.47. The van der Waals surface area contributed by atoms with Gasteiger partial charge in [-0.1, -0.05) is 13.8 Å².